The van der Waals surface area contributed by atoms with Crippen molar-refractivity contribution in [1.29, 1.82) is 0 Å². The first-order chi connectivity index (χ1) is 9.99. The van der Waals surface area contributed by atoms with Gasteiger partial charge in [0.25, 0.3) is 0 Å². The first kappa shape index (κ1) is 16.3. The van der Waals surface area contributed by atoms with Crippen LogP contribution in [0.3, 0.4) is 0 Å². The molecule has 1 aliphatic rings. The molecule has 1 amide bonds. The van der Waals surface area contributed by atoms with Crippen LogP contribution in [-0.2, 0) is 11.3 Å². The highest BCUT2D eigenvalue weighted by Crippen LogP contribution is 2.38. The van der Waals surface area contributed by atoms with Gasteiger partial charge in [-0.25, -0.2) is 0 Å². The Balaban J connectivity index is 2.04. The maximum Gasteiger partial charge on any atom is 0.238 e. The summed E-state index contributed by atoms with van der Waals surface area (Å²) in [5, 5.41) is 8.48. The first-order valence-electron chi connectivity index (χ1n) is 7.74. The molecule has 1 fully saturated rings. The predicted octanol–water partition coefficient (Wildman–Crippen LogP) is 2.26. The molecule has 0 radical (unpaired) electrons. The number of aromatic nitrogens is 2. The molecular formula is C15H25ClN4O. The van der Waals surface area contributed by atoms with Crippen LogP contribution in [0, 0.1) is 12.8 Å². The van der Waals surface area contributed by atoms with Crippen molar-refractivity contribution >= 4 is 17.5 Å². The number of rotatable bonds is 7. The molecule has 1 saturated carbocycles. The molecule has 1 aromatic heterocycles. The van der Waals surface area contributed by atoms with Crippen molar-refractivity contribution in [3.63, 3.8) is 0 Å². The molecule has 1 aromatic rings. The van der Waals surface area contributed by atoms with Crippen molar-refractivity contribution in [2.75, 3.05) is 6.54 Å². The highest BCUT2D eigenvalue weighted by Gasteiger charge is 2.46. The molecule has 0 saturated heterocycles. The lowest BCUT2D eigenvalue weighted by molar-refractivity contribution is -0.126. The molecule has 0 bridgehead atoms. The van der Waals surface area contributed by atoms with E-state index in [-0.39, 0.29) is 11.8 Å². The van der Waals surface area contributed by atoms with E-state index in [9.17, 15) is 4.79 Å². The highest BCUT2D eigenvalue weighted by atomic mass is 35.5. The minimum Gasteiger partial charge on any atom is -0.368 e. The van der Waals surface area contributed by atoms with Crippen LogP contribution in [0.5, 0.6) is 0 Å². The summed E-state index contributed by atoms with van der Waals surface area (Å²) in [6.45, 7) is 5.58. The van der Waals surface area contributed by atoms with Crippen LogP contribution in [0.25, 0.3) is 0 Å². The zero-order valence-electron chi connectivity index (χ0n) is 12.9. The first-order valence-corrected chi connectivity index (χ1v) is 8.12. The third kappa shape index (κ3) is 3.40. The van der Waals surface area contributed by atoms with Gasteiger partial charge in [-0.1, -0.05) is 24.9 Å². The normalized spacial score (nSPS) is 25.4. The number of amides is 1. The quantitative estimate of drug-likeness (QED) is 0.811. The number of hydrogen-bond acceptors (Lipinski definition) is 3. The van der Waals surface area contributed by atoms with Gasteiger partial charge >= 0.3 is 0 Å². The van der Waals surface area contributed by atoms with Crippen LogP contribution in [0.4, 0.5) is 0 Å². The van der Waals surface area contributed by atoms with E-state index in [1.807, 2.05) is 17.8 Å². The number of nitrogens with one attached hydrogen (secondary N) is 1. The standard InChI is InChI=1S/C15H25ClN4O/c1-3-8-18-15(14(17)21)7-4-5-12(15)6-9-20-10-13(16)11(2)19-20/h10,12,18H,3-9H2,1-2H3,(H2,17,21). The Bertz CT molecular complexity index is 482. The summed E-state index contributed by atoms with van der Waals surface area (Å²) in [6.07, 6.45) is 6.65. The number of nitrogens with zero attached hydrogens (tertiary/aromatic N) is 2. The fourth-order valence-corrected chi connectivity index (χ4v) is 3.51. The van der Waals surface area contributed by atoms with Gasteiger partial charge < -0.3 is 11.1 Å². The molecule has 0 spiro atoms. The number of hydrogen-bond donors (Lipinski definition) is 2. The van der Waals surface area contributed by atoms with Crippen LogP contribution in [-0.4, -0.2) is 27.8 Å². The minimum atomic E-state index is -0.540. The van der Waals surface area contributed by atoms with Gasteiger partial charge in [-0.3, -0.25) is 9.48 Å². The zero-order valence-corrected chi connectivity index (χ0v) is 13.6. The second kappa shape index (κ2) is 6.79. The summed E-state index contributed by atoms with van der Waals surface area (Å²) in [6, 6.07) is 0. The van der Waals surface area contributed by atoms with E-state index < -0.39 is 5.54 Å². The molecule has 0 aromatic carbocycles. The summed E-state index contributed by atoms with van der Waals surface area (Å²) in [4.78, 5) is 12.0. The van der Waals surface area contributed by atoms with E-state index >= 15 is 0 Å². The van der Waals surface area contributed by atoms with Crippen molar-refractivity contribution in [3.8, 4) is 0 Å². The number of carbonyl (C=O) groups is 1. The van der Waals surface area contributed by atoms with Gasteiger partial charge in [-0.15, -0.1) is 0 Å². The van der Waals surface area contributed by atoms with Crippen LogP contribution in [0.15, 0.2) is 6.20 Å². The number of nitrogens with two attached hydrogens (primary N) is 1. The van der Waals surface area contributed by atoms with E-state index in [1.54, 1.807) is 0 Å². The fourth-order valence-electron chi connectivity index (χ4n) is 3.36. The monoisotopic (exact) mass is 312 g/mol. The summed E-state index contributed by atoms with van der Waals surface area (Å²) in [7, 11) is 0. The average molecular weight is 313 g/mol. The third-order valence-electron chi connectivity index (χ3n) is 4.54. The average Bonchev–Trinajstić information content (AvgIpc) is 2.99. The largest absolute Gasteiger partial charge is 0.368 e. The van der Waals surface area contributed by atoms with E-state index in [1.165, 1.54) is 0 Å². The molecule has 21 heavy (non-hydrogen) atoms. The summed E-state index contributed by atoms with van der Waals surface area (Å²) >= 11 is 6.03. The Labute approximate surface area is 131 Å². The molecule has 1 aliphatic carbocycles. The van der Waals surface area contributed by atoms with Gasteiger partial charge in [0.05, 0.1) is 10.7 Å². The van der Waals surface area contributed by atoms with Crippen molar-refractivity contribution in [2.24, 2.45) is 11.7 Å². The van der Waals surface area contributed by atoms with Gasteiger partial charge in [-0.2, -0.15) is 5.10 Å². The minimum absolute atomic E-state index is 0.215. The third-order valence-corrected chi connectivity index (χ3v) is 4.91. The Morgan fingerprint density at radius 3 is 3.00 bits per heavy atom. The summed E-state index contributed by atoms with van der Waals surface area (Å²) in [5.74, 6) is 0.0537. The van der Waals surface area contributed by atoms with E-state index in [2.05, 4.69) is 17.3 Å². The molecule has 3 N–H and O–H groups in total. The van der Waals surface area contributed by atoms with Crippen LogP contribution < -0.4 is 11.1 Å². The second-order valence-electron chi connectivity index (χ2n) is 5.97. The Morgan fingerprint density at radius 1 is 1.67 bits per heavy atom. The molecule has 1 heterocycles. The van der Waals surface area contributed by atoms with Gasteiger partial charge in [0.2, 0.25) is 5.91 Å². The molecule has 2 unspecified atom stereocenters. The van der Waals surface area contributed by atoms with Crippen LogP contribution in [0.1, 0.15) is 44.7 Å². The van der Waals surface area contributed by atoms with Crippen LogP contribution in [0.2, 0.25) is 5.02 Å². The van der Waals surface area contributed by atoms with Crippen LogP contribution >= 0.6 is 11.6 Å². The lowest BCUT2D eigenvalue weighted by atomic mass is 9.83. The maximum atomic E-state index is 12.0. The van der Waals surface area contributed by atoms with Gasteiger partial charge in [0, 0.05) is 12.7 Å². The van der Waals surface area contributed by atoms with Crippen molar-refractivity contribution in [1.82, 2.24) is 15.1 Å². The number of primary amides is 1. The molecule has 5 nitrogen and oxygen atoms in total. The van der Waals surface area contributed by atoms with Gasteiger partial charge in [0.15, 0.2) is 0 Å². The van der Waals surface area contributed by atoms with Gasteiger partial charge in [0.1, 0.15) is 5.54 Å². The Kier molecular flexibility index (Phi) is 5.27. The molecular weight excluding hydrogens is 288 g/mol. The van der Waals surface area contributed by atoms with E-state index in [0.717, 1.165) is 50.9 Å². The molecule has 6 heteroatoms. The highest BCUT2D eigenvalue weighted by molar-refractivity contribution is 6.31. The zero-order chi connectivity index (χ0) is 15.5. The molecule has 2 rings (SSSR count). The lowest BCUT2D eigenvalue weighted by Crippen LogP contribution is -2.58. The van der Waals surface area contributed by atoms with Crippen molar-refractivity contribution in [3.05, 3.63) is 16.9 Å². The van der Waals surface area contributed by atoms with E-state index in [0.29, 0.717) is 5.02 Å². The number of carbonyl (C=O) groups excluding carboxylic acids is 1. The lowest BCUT2D eigenvalue weighted by Gasteiger charge is -2.33. The predicted molar refractivity (Wildman–Crippen MR) is 84.2 cm³/mol. The van der Waals surface area contributed by atoms with E-state index in [4.69, 9.17) is 17.3 Å². The molecule has 118 valence electrons. The SMILES string of the molecule is CCCNC1(C(N)=O)CCCC1CCn1cc(Cl)c(C)n1. The summed E-state index contributed by atoms with van der Waals surface area (Å²) < 4.78 is 1.86. The smallest absolute Gasteiger partial charge is 0.238 e. The Hall–Kier alpha value is -1.07. The second-order valence-corrected chi connectivity index (χ2v) is 6.37. The van der Waals surface area contributed by atoms with Crippen molar-refractivity contribution < 1.29 is 4.79 Å². The summed E-state index contributed by atoms with van der Waals surface area (Å²) in [5.41, 5.74) is 6.02. The number of halogens is 1. The van der Waals surface area contributed by atoms with Crippen molar-refractivity contribution in [2.45, 2.75) is 58.0 Å². The maximum absolute atomic E-state index is 12.0. The topological polar surface area (TPSA) is 72.9 Å². The fraction of sp³-hybridized carbons (Fsp3) is 0.733. The molecule has 2 atom stereocenters. The Morgan fingerprint density at radius 2 is 2.43 bits per heavy atom. The molecule has 0 aliphatic heterocycles. The van der Waals surface area contributed by atoms with Gasteiger partial charge in [-0.05, 0) is 45.1 Å². The number of aryl methyl sites for hydroxylation is 2.